The zero-order chi connectivity index (χ0) is 16.6. The van der Waals surface area contributed by atoms with E-state index >= 15 is 0 Å². The lowest BCUT2D eigenvalue weighted by Gasteiger charge is -2.14. The van der Waals surface area contributed by atoms with Gasteiger partial charge in [0, 0.05) is 24.3 Å². The van der Waals surface area contributed by atoms with Crippen molar-refractivity contribution in [3.05, 3.63) is 46.7 Å². The number of carboxylic acids is 1. The van der Waals surface area contributed by atoms with E-state index in [1.165, 1.54) is 0 Å². The van der Waals surface area contributed by atoms with Gasteiger partial charge < -0.3 is 10.0 Å². The molecular weight excluding hydrogens is 353 g/mol. The summed E-state index contributed by atoms with van der Waals surface area (Å²) >= 11 is 5.87. The van der Waals surface area contributed by atoms with Crippen LogP contribution in [0.4, 0.5) is 0 Å². The lowest BCUT2D eigenvalue weighted by molar-refractivity contribution is -0.141. The molecule has 1 aromatic heterocycles. The van der Waals surface area contributed by atoms with Crippen molar-refractivity contribution < 1.29 is 14.7 Å². The second kappa shape index (κ2) is 7.23. The molecule has 2 heterocycles. The minimum absolute atomic E-state index is 0. The number of carboxylic acid groups (broad SMARTS) is 1. The number of nitrogens with zero attached hydrogens (tertiary/aromatic N) is 3. The van der Waals surface area contributed by atoms with Crippen LogP contribution in [0.1, 0.15) is 22.5 Å². The summed E-state index contributed by atoms with van der Waals surface area (Å²) in [4.78, 5) is 25.2. The molecule has 1 aliphatic heterocycles. The molecule has 0 aliphatic carbocycles. The second-order valence-corrected chi connectivity index (χ2v) is 6.06. The van der Waals surface area contributed by atoms with Crippen molar-refractivity contribution in [1.29, 1.82) is 0 Å². The summed E-state index contributed by atoms with van der Waals surface area (Å²) in [6.45, 7) is 2.48. The predicted molar refractivity (Wildman–Crippen MR) is 92.2 cm³/mol. The number of benzene rings is 1. The minimum Gasteiger partial charge on any atom is -0.481 e. The van der Waals surface area contributed by atoms with Crippen LogP contribution in [0.2, 0.25) is 5.02 Å². The fourth-order valence-corrected chi connectivity index (χ4v) is 2.84. The Morgan fingerprint density at radius 2 is 1.96 bits per heavy atom. The number of likely N-dealkylation sites (tertiary alicyclic amines) is 1. The van der Waals surface area contributed by atoms with Gasteiger partial charge in [-0.2, -0.15) is 5.10 Å². The molecule has 8 heteroatoms. The average molecular weight is 370 g/mol. The van der Waals surface area contributed by atoms with Crippen molar-refractivity contribution in [1.82, 2.24) is 14.7 Å². The van der Waals surface area contributed by atoms with Gasteiger partial charge in [0.05, 0.1) is 22.9 Å². The van der Waals surface area contributed by atoms with E-state index in [1.807, 2.05) is 12.1 Å². The summed E-state index contributed by atoms with van der Waals surface area (Å²) in [6.07, 6.45) is 2.17. The SMILES string of the molecule is Cc1nn(-c2ccc(Cl)cc2)cc1C(=O)N1CCC(C(=O)O)C1.Cl. The molecule has 0 spiro atoms. The molecule has 1 unspecified atom stereocenters. The van der Waals surface area contributed by atoms with Gasteiger partial charge in [-0.15, -0.1) is 12.4 Å². The summed E-state index contributed by atoms with van der Waals surface area (Å²) in [5.74, 6) is -1.51. The van der Waals surface area contributed by atoms with Gasteiger partial charge in [0.1, 0.15) is 0 Å². The summed E-state index contributed by atoms with van der Waals surface area (Å²) in [6, 6.07) is 7.15. The highest BCUT2D eigenvalue weighted by Gasteiger charge is 2.32. The Bertz CT molecular complexity index is 758. The molecule has 24 heavy (non-hydrogen) atoms. The van der Waals surface area contributed by atoms with Gasteiger partial charge in [-0.1, -0.05) is 11.6 Å². The van der Waals surface area contributed by atoms with Gasteiger partial charge in [-0.3, -0.25) is 9.59 Å². The lowest BCUT2D eigenvalue weighted by atomic mass is 10.1. The third-order valence-corrected chi connectivity index (χ3v) is 4.30. The maximum Gasteiger partial charge on any atom is 0.308 e. The van der Waals surface area contributed by atoms with Crippen LogP contribution in [0, 0.1) is 12.8 Å². The van der Waals surface area contributed by atoms with Crippen molar-refractivity contribution in [2.45, 2.75) is 13.3 Å². The van der Waals surface area contributed by atoms with Crippen LogP contribution < -0.4 is 0 Å². The van der Waals surface area contributed by atoms with E-state index in [1.54, 1.807) is 34.8 Å². The molecule has 0 radical (unpaired) electrons. The smallest absolute Gasteiger partial charge is 0.308 e. The summed E-state index contributed by atoms with van der Waals surface area (Å²) in [7, 11) is 0. The molecule has 1 N–H and O–H groups in total. The zero-order valence-electron chi connectivity index (χ0n) is 13.0. The Balaban J connectivity index is 0.00000208. The number of carbonyl (C=O) groups excluding carboxylic acids is 1. The van der Waals surface area contributed by atoms with Crippen molar-refractivity contribution in [3.8, 4) is 5.69 Å². The summed E-state index contributed by atoms with van der Waals surface area (Å²) in [5, 5.41) is 14.0. The van der Waals surface area contributed by atoms with Crippen LogP contribution >= 0.6 is 24.0 Å². The quantitative estimate of drug-likeness (QED) is 0.902. The number of aromatic nitrogens is 2. The monoisotopic (exact) mass is 369 g/mol. The number of rotatable bonds is 3. The molecule has 1 aliphatic rings. The zero-order valence-corrected chi connectivity index (χ0v) is 14.5. The number of aliphatic carboxylic acids is 1. The molecule has 128 valence electrons. The first-order chi connectivity index (χ1) is 11.0. The van der Waals surface area contributed by atoms with Crippen LogP contribution in [-0.2, 0) is 4.79 Å². The largest absolute Gasteiger partial charge is 0.481 e. The first-order valence-electron chi connectivity index (χ1n) is 7.30. The first kappa shape index (κ1) is 18.3. The summed E-state index contributed by atoms with van der Waals surface area (Å²) < 4.78 is 1.63. The molecule has 1 saturated heterocycles. The standard InChI is InChI=1S/C16H16ClN3O3.ClH/c1-10-14(15(21)19-7-6-11(8-19)16(22)23)9-20(18-10)13-4-2-12(17)3-5-13;/h2-5,9,11H,6-8H2,1H3,(H,22,23);1H. The molecule has 2 aromatic rings. The molecule has 0 bridgehead atoms. The van der Waals surface area contributed by atoms with Crippen molar-refractivity contribution in [2.24, 2.45) is 5.92 Å². The Morgan fingerprint density at radius 3 is 2.54 bits per heavy atom. The van der Waals surface area contributed by atoms with Gasteiger partial charge in [0.15, 0.2) is 0 Å². The predicted octanol–water partition coefficient (Wildman–Crippen LogP) is 2.80. The topological polar surface area (TPSA) is 75.4 Å². The molecule has 0 saturated carbocycles. The molecule has 1 atom stereocenters. The van der Waals surface area contributed by atoms with Crippen LogP contribution in [0.5, 0.6) is 0 Å². The fourth-order valence-electron chi connectivity index (χ4n) is 2.71. The molecule has 6 nitrogen and oxygen atoms in total. The highest BCUT2D eigenvalue weighted by atomic mass is 35.5. The number of amides is 1. The number of carbonyl (C=O) groups is 2. The molecule has 1 fully saturated rings. The van der Waals surface area contributed by atoms with Crippen LogP contribution in [0.15, 0.2) is 30.5 Å². The van der Waals surface area contributed by atoms with E-state index in [4.69, 9.17) is 16.7 Å². The number of halogens is 2. The van der Waals surface area contributed by atoms with E-state index in [9.17, 15) is 9.59 Å². The van der Waals surface area contributed by atoms with Gasteiger partial charge >= 0.3 is 5.97 Å². The molecule has 3 rings (SSSR count). The number of hydrogen-bond acceptors (Lipinski definition) is 3. The maximum absolute atomic E-state index is 12.6. The van der Waals surface area contributed by atoms with Gasteiger partial charge in [0.25, 0.3) is 5.91 Å². The highest BCUT2D eigenvalue weighted by molar-refractivity contribution is 6.30. The average Bonchev–Trinajstić information content (AvgIpc) is 3.14. The Labute approximate surface area is 150 Å². The third kappa shape index (κ3) is 3.55. The van der Waals surface area contributed by atoms with E-state index in [2.05, 4.69) is 5.10 Å². The normalized spacial score (nSPS) is 16.8. The van der Waals surface area contributed by atoms with Gasteiger partial charge in [0.2, 0.25) is 0 Å². The molecule has 1 amide bonds. The second-order valence-electron chi connectivity index (χ2n) is 5.62. The number of hydrogen-bond donors (Lipinski definition) is 1. The highest BCUT2D eigenvalue weighted by Crippen LogP contribution is 2.21. The van der Waals surface area contributed by atoms with Gasteiger partial charge in [-0.25, -0.2) is 4.68 Å². The van der Waals surface area contributed by atoms with E-state index in [0.717, 1.165) is 5.69 Å². The Hall–Kier alpha value is -2.05. The van der Waals surface area contributed by atoms with Crippen molar-refractivity contribution in [2.75, 3.05) is 13.1 Å². The minimum atomic E-state index is -0.853. The lowest BCUT2D eigenvalue weighted by Crippen LogP contribution is -2.30. The number of aryl methyl sites for hydroxylation is 1. The van der Waals surface area contributed by atoms with E-state index in [-0.39, 0.29) is 24.9 Å². The maximum atomic E-state index is 12.6. The Kier molecular flexibility index (Phi) is 5.51. The summed E-state index contributed by atoms with van der Waals surface area (Å²) in [5.41, 5.74) is 1.91. The van der Waals surface area contributed by atoms with E-state index in [0.29, 0.717) is 29.2 Å². The van der Waals surface area contributed by atoms with Crippen molar-refractivity contribution >= 4 is 35.9 Å². The third-order valence-electron chi connectivity index (χ3n) is 4.05. The Morgan fingerprint density at radius 1 is 1.29 bits per heavy atom. The molecular formula is C16H17Cl2N3O3. The van der Waals surface area contributed by atoms with Gasteiger partial charge in [-0.05, 0) is 37.6 Å². The van der Waals surface area contributed by atoms with Crippen molar-refractivity contribution in [3.63, 3.8) is 0 Å². The van der Waals surface area contributed by atoms with Crippen LogP contribution in [-0.4, -0.2) is 44.8 Å². The van der Waals surface area contributed by atoms with E-state index < -0.39 is 11.9 Å². The fraction of sp³-hybridized carbons (Fsp3) is 0.312. The first-order valence-corrected chi connectivity index (χ1v) is 7.68. The van der Waals surface area contributed by atoms with Crippen LogP contribution in [0.3, 0.4) is 0 Å². The molecule has 1 aromatic carbocycles. The van der Waals surface area contributed by atoms with Crippen LogP contribution in [0.25, 0.3) is 5.69 Å².